The zero-order valence-corrected chi connectivity index (χ0v) is 13.1. The van der Waals surface area contributed by atoms with Crippen molar-refractivity contribution in [3.05, 3.63) is 65.7 Å². The summed E-state index contributed by atoms with van der Waals surface area (Å²) in [4.78, 5) is 29.8. The average molecular weight is 327 g/mol. The summed E-state index contributed by atoms with van der Waals surface area (Å²) in [6, 6.07) is 10.9. The van der Waals surface area contributed by atoms with E-state index in [1.807, 2.05) is 6.07 Å². The van der Waals surface area contributed by atoms with Crippen LogP contribution in [0.1, 0.15) is 30.1 Å². The van der Waals surface area contributed by atoms with E-state index in [2.05, 4.69) is 10.3 Å². The molecule has 3 rings (SSSR count). The van der Waals surface area contributed by atoms with Crippen molar-refractivity contribution in [2.75, 3.05) is 13.1 Å². The molecule has 1 aromatic heterocycles. The third kappa shape index (κ3) is 3.76. The molecule has 2 amide bonds. The second kappa shape index (κ2) is 7.21. The minimum atomic E-state index is -0.563. The monoisotopic (exact) mass is 327 g/mol. The van der Waals surface area contributed by atoms with Crippen molar-refractivity contribution in [3.8, 4) is 0 Å². The van der Waals surface area contributed by atoms with Crippen LogP contribution in [0.5, 0.6) is 0 Å². The Balaban J connectivity index is 1.80. The fourth-order valence-electron chi connectivity index (χ4n) is 2.81. The minimum absolute atomic E-state index is 0.00899. The first kappa shape index (κ1) is 16.1. The Morgan fingerprint density at radius 3 is 2.83 bits per heavy atom. The van der Waals surface area contributed by atoms with Gasteiger partial charge in [0.2, 0.25) is 11.8 Å². The van der Waals surface area contributed by atoms with Gasteiger partial charge in [-0.2, -0.15) is 0 Å². The number of likely N-dealkylation sites (tertiary alicyclic amines) is 1. The van der Waals surface area contributed by atoms with Gasteiger partial charge in [0.15, 0.2) is 0 Å². The summed E-state index contributed by atoms with van der Waals surface area (Å²) in [5, 5.41) is 2.86. The van der Waals surface area contributed by atoms with E-state index < -0.39 is 6.04 Å². The van der Waals surface area contributed by atoms with Crippen LogP contribution in [0, 0.1) is 5.82 Å². The van der Waals surface area contributed by atoms with Crippen molar-refractivity contribution in [2.45, 2.75) is 18.9 Å². The number of rotatable bonds is 5. The Kier molecular flexibility index (Phi) is 4.84. The summed E-state index contributed by atoms with van der Waals surface area (Å²) in [5.41, 5.74) is 1.22. The van der Waals surface area contributed by atoms with Gasteiger partial charge < -0.3 is 10.2 Å². The molecular formula is C18H18FN3O2. The Labute approximate surface area is 139 Å². The Morgan fingerprint density at radius 1 is 1.29 bits per heavy atom. The third-order valence-corrected chi connectivity index (χ3v) is 3.98. The topological polar surface area (TPSA) is 62.3 Å². The molecular weight excluding hydrogens is 309 g/mol. The fraction of sp³-hybridized carbons (Fsp3) is 0.278. The van der Waals surface area contributed by atoms with E-state index in [0.717, 1.165) is 6.42 Å². The first-order valence-corrected chi connectivity index (χ1v) is 7.87. The van der Waals surface area contributed by atoms with E-state index in [-0.39, 0.29) is 24.2 Å². The lowest BCUT2D eigenvalue weighted by Gasteiger charge is -2.21. The molecule has 2 heterocycles. The number of halogens is 1. The third-order valence-electron chi connectivity index (χ3n) is 3.98. The zero-order chi connectivity index (χ0) is 16.9. The molecule has 124 valence electrons. The van der Waals surface area contributed by atoms with Gasteiger partial charge in [-0.05, 0) is 36.2 Å². The van der Waals surface area contributed by atoms with Crippen molar-refractivity contribution in [3.63, 3.8) is 0 Å². The SMILES string of the molecule is O=C(CN1CCCC1=O)NC(c1cccc(F)c1)c1ccccn1. The zero-order valence-electron chi connectivity index (χ0n) is 13.1. The smallest absolute Gasteiger partial charge is 0.240 e. The van der Waals surface area contributed by atoms with Crippen LogP contribution in [-0.4, -0.2) is 34.8 Å². The van der Waals surface area contributed by atoms with E-state index in [1.165, 1.54) is 17.0 Å². The van der Waals surface area contributed by atoms with Crippen molar-refractivity contribution in [1.29, 1.82) is 0 Å². The number of nitrogens with zero attached hydrogens (tertiary/aromatic N) is 2. The van der Waals surface area contributed by atoms with Crippen LogP contribution in [0.3, 0.4) is 0 Å². The van der Waals surface area contributed by atoms with Crippen molar-refractivity contribution >= 4 is 11.8 Å². The molecule has 1 unspecified atom stereocenters. The molecule has 0 bridgehead atoms. The number of hydrogen-bond donors (Lipinski definition) is 1. The quantitative estimate of drug-likeness (QED) is 0.914. The van der Waals surface area contributed by atoms with Gasteiger partial charge in [0, 0.05) is 19.2 Å². The molecule has 0 spiro atoms. The van der Waals surface area contributed by atoms with Gasteiger partial charge in [-0.3, -0.25) is 14.6 Å². The van der Waals surface area contributed by atoms with Crippen LogP contribution in [-0.2, 0) is 9.59 Å². The number of aromatic nitrogens is 1. The van der Waals surface area contributed by atoms with Crippen LogP contribution in [0.15, 0.2) is 48.7 Å². The van der Waals surface area contributed by atoms with Gasteiger partial charge >= 0.3 is 0 Å². The maximum Gasteiger partial charge on any atom is 0.240 e. The van der Waals surface area contributed by atoms with Crippen molar-refractivity contribution in [2.24, 2.45) is 0 Å². The van der Waals surface area contributed by atoms with E-state index in [1.54, 1.807) is 30.5 Å². The van der Waals surface area contributed by atoms with E-state index >= 15 is 0 Å². The van der Waals surface area contributed by atoms with Crippen LogP contribution in [0.25, 0.3) is 0 Å². The number of nitrogens with one attached hydrogen (secondary N) is 1. The van der Waals surface area contributed by atoms with Gasteiger partial charge in [0.05, 0.1) is 18.3 Å². The van der Waals surface area contributed by atoms with E-state index in [4.69, 9.17) is 0 Å². The molecule has 6 heteroatoms. The molecule has 0 radical (unpaired) electrons. The highest BCUT2D eigenvalue weighted by Gasteiger charge is 2.24. The largest absolute Gasteiger partial charge is 0.342 e. The maximum absolute atomic E-state index is 13.6. The lowest BCUT2D eigenvalue weighted by atomic mass is 10.0. The van der Waals surface area contributed by atoms with Crippen molar-refractivity contribution in [1.82, 2.24) is 15.2 Å². The summed E-state index contributed by atoms with van der Waals surface area (Å²) < 4.78 is 13.6. The predicted molar refractivity (Wildman–Crippen MR) is 86.4 cm³/mol. The molecule has 5 nitrogen and oxygen atoms in total. The molecule has 1 aliphatic rings. The molecule has 24 heavy (non-hydrogen) atoms. The second-order valence-corrected chi connectivity index (χ2v) is 5.73. The first-order valence-electron chi connectivity index (χ1n) is 7.87. The van der Waals surface area contributed by atoms with Gasteiger partial charge in [0.25, 0.3) is 0 Å². The minimum Gasteiger partial charge on any atom is -0.342 e. The number of carbonyl (C=O) groups excluding carboxylic acids is 2. The van der Waals surface area contributed by atoms with Gasteiger partial charge in [-0.15, -0.1) is 0 Å². The number of amides is 2. The molecule has 1 saturated heterocycles. The first-order chi connectivity index (χ1) is 11.6. The number of pyridine rings is 1. The predicted octanol–water partition coefficient (Wildman–Crippen LogP) is 2.05. The molecule has 1 atom stereocenters. The standard InChI is InChI=1S/C18H18FN3O2/c19-14-6-3-5-13(11-14)18(15-7-1-2-9-20-15)21-16(23)12-22-10-4-8-17(22)24/h1-3,5-7,9,11,18H,4,8,10,12H2,(H,21,23). The number of benzene rings is 1. The van der Waals surface area contributed by atoms with Crippen LogP contribution in [0.4, 0.5) is 4.39 Å². The molecule has 1 fully saturated rings. The lowest BCUT2D eigenvalue weighted by Crippen LogP contribution is -2.39. The van der Waals surface area contributed by atoms with Gasteiger partial charge in [-0.25, -0.2) is 4.39 Å². The average Bonchev–Trinajstić information content (AvgIpc) is 2.98. The lowest BCUT2D eigenvalue weighted by molar-refractivity contribution is -0.133. The Hall–Kier alpha value is -2.76. The molecule has 1 aliphatic heterocycles. The second-order valence-electron chi connectivity index (χ2n) is 5.73. The summed E-state index contributed by atoms with van der Waals surface area (Å²) in [5.74, 6) is -0.673. The fourth-order valence-corrected chi connectivity index (χ4v) is 2.81. The van der Waals surface area contributed by atoms with Gasteiger partial charge in [-0.1, -0.05) is 18.2 Å². The molecule has 0 saturated carbocycles. The molecule has 2 aromatic rings. The van der Waals surface area contributed by atoms with E-state index in [0.29, 0.717) is 24.2 Å². The van der Waals surface area contributed by atoms with Crippen LogP contribution >= 0.6 is 0 Å². The highest BCUT2D eigenvalue weighted by atomic mass is 19.1. The highest BCUT2D eigenvalue weighted by Crippen LogP contribution is 2.21. The van der Waals surface area contributed by atoms with Gasteiger partial charge in [0.1, 0.15) is 5.82 Å². The van der Waals surface area contributed by atoms with Crippen molar-refractivity contribution < 1.29 is 14.0 Å². The Morgan fingerprint density at radius 2 is 2.17 bits per heavy atom. The number of carbonyl (C=O) groups is 2. The van der Waals surface area contributed by atoms with Crippen LogP contribution in [0.2, 0.25) is 0 Å². The normalized spacial score (nSPS) is 15.4. The molecule has 1 N–H and O–H groups in total. The summed E-state index contributed by atoms with van der Waals surface area (Å²) >= 11 is 0. The van der Waals surface area contributed by atoms with Crippen LogP contribution < -0.4 is 5.32 Å². The molecule has 1 aromatic carbocycles. The summed E-state index contributed by atoms with van der Waals surface area (Å²) in [6.07, 6.45) is 2.89. The van der Waals surface area contributed by atoms with E-state index in [9.17, 15) is 14.0 Å². The molecule has 0 aliphatic carbocycles. The Bertz CT molecular complexity index is 736. The summed E-state index contributed by atoms with van der Waals surface area (Å²) in [7, 11) is 0. The highest BCUT2D eigenvalue weighted by molar-refractivity contribution is 5.86. The maximum atomic E-state index is 13.6. The number of hydrogen-bond acceptors (Lipinski definition) is 3. The summed E-state index contributed by atoms with van der Waals surface area (Å²) in [6.45, 7) is 0.609.